The Labute approximate surface area is 110 Å². The number of hydrogen-bond donors (Lipinski definition) is 1. The molecule has 0 saturated carbocycles. The first-order valence-electron chi connectivity index (χ1n) is 6.34. The number of fused-ring (bicyclic) bond motifs is 1. The number of carboxylic acids is 1. The van der Waals surface area contributed by atoms with Crippen molar-refractivity contribution in [1.29, 1.82) is 0 Å². The second kappa shape index (κ2) is 4.22. The van der Waals surface area contributed by atoms with Gasteiger partial charge in [-0.25, -0.2) is 4.98 Å². The Morgan fingerprint density at radius 3 is 2.89 bits per heavy atom. The third-order valence-corrected chi connectivity index (χ3v) is 3.76. The van der Waals surface area contributed by atoms with Crippen molar-refractivity contribution in [3.63, 3.8) is 0 Å². The minimum atomic E-state index is -0.725. The van der Waals surface area contributed by atoms with Gasteiger partial charge in [0.05, 0.1) is 5.92 Å². The average molecular weight is 260 g/mol. The van der Waals surface area contributed by atoms with Crippen LogP contribution in [0, 0.1) is 18.8 Å². The second-order valence-electron chi connectivity index (χ2n) is 5.25. The van der Waals surface area contributed by atoms with Crippen LogP contribution >= 0.6 is 0 Å². The molecule has 6 heteroatoms. The van der Waals surface area contributed by atoms with Gasteiger partial charge in [-0.3, -0.25) is 4.79 Å². The van der Waals surface area contributed by atoms with E-state index in [0.717, 1.165) is 23.6 Å². The number of hydrogen-bond acceptors (Lipinski definition) is 4. The highest BCUT2D eigenvalue weighted by Crippen LogP contribution is 2.29. The van der Waals surface area contributed by atoms with Crippen LogP contribution in [0.25, 0.3) is 5.65 Å². The third-order valence-electron chi connectivity index (χ3n) is 3.76. The summed E-state index contributed by atoms with van der Waals surface area (Å²) in [6, 6.07) is 3.99. The van der Waals surface area contributed by atoms with E-state index in [-0.39, 0.29) is 11.8 Å². The molecule has 2 aromatic rings. The van der Waals surface area contributed by atoms with Crippen LogP contribution in [0.15, 0.2) is 18.5 Å². The molecule has 1 aliphatic rings. The van der Waals surface area contributed by atoms with Crippen molar-refractivity contribution in [2.24, 2.45) is 11.8 Å². The lowest BCUT2D eigenvalue weighted by Gasteiger charge is -2.19. The largest absolute Gasteiger partial charge is 0.481 e. The number of aromatic nitrogens is 3. The molecular formula is C13H16N4O2. The molecule has 1 N–H and O–H groups in total. The molecule has 19 heavy (non-hydrogen) atoms. The number of nitrogens with zero attached hydrogens (tertiary/aromatic N) is 4. The lowest BCUT2D eigenvalue weighted by Crippen LogP contribution is -2.24. The number of rotatable bonds is 2. The molecule has 2 aromatic heterocycles. The molecule has 0 aliphatic carbocycles. The van der Waals surface area contributed by atoms with Gasteiger partial charge in [0.1, 0.15) is 12.1 Å². The lowest BCUT2D eigenvalue weighted by atomic mass is 9.99. The molecule has 3 rings (SSSR count). The predicted octanol–water partition coefficient (Wildman–Crippen LogP) is 1.19. The molecular weight excluding hydrogens is 244 g/mol. The number of carbonyl (C=O) groups is 1. The van der Waals surface area contributed by atoms with E-state index < -0.39 is 5.97 Å². The van der Waals surface area contributed by atoms with E-state index in [1.54, 1.807) is 4.52 Å². The smallest absolute Gasteiger partial charge is 0.308 e. The zero-order valence-corrected chi connectivity index (χ0v) is 10.9. The van der Waals surface area contributed by atoms with E-state index in [9.17, 15) is 9.90 Å². The second-order valence-corrected chi connectivity index (χ2v) is 5.25. The first-order chi connectivity index (χ1) is 9.06. The predicted molar refractivity (Wildman–Crippen MR) is 70.2 cm³/mol. The molecule has 1 saturated heterocycles. The summed E-state index contributed by atoms with van der Waals surface area (Å²) in [4.78, 5) is 17.5. The quantitative estimate of drug-likeness (QED) is 0.878. The summed E-state index contributed by atoms with van der Waals surface area (Å²) in [7, 11) is 0. The van der Waals surface area contributed by atoms with Crippen LogP contribution in [-0.2, 0) is 4.79 Å². The monoisotopic (exact) mass is 260 g/mol. The number of pyridine rings is 1. The Hall–Kier alpha value is -2.11. The van der Waals surface area contributed by atoms with E-state index >= 15 is 0 Å². The number of aryl methyl sites for hydroxylation is 1. The molecule has 0 aromatic carbocycles. The zero-order valence-electron chi connectivity index (χ0n) is 10.9. The van der Waals surface area contributed by atoms with Crippen LogP contribution in [0.2, 0.25) is 0 Å². The van der Waals surface area contributed by atoms with E-state index in [1.807, 2.05) is 26.0 Å². The molecule has 6 nitrogen and oxygen atoms in total. The molecule has 0 spiro atoms. The van der Waals surface area contributed by atoms with Gasteiger partial charge in [-0.2, -0.15) is 9.61 Å². The molecule has 1 aliphatic heterocycles. The van der Waals surface area contributed by atoms with Gasteiger partial charge in [0, 0.05) is 13.1 Å². The molecule has 0 bridgehead atoms. The molecule has 1 fully saturated rings. The van der Waals surface area contributed by atoms with Crippen molar-refractivity contribution >= 4 is 17.4 Å². The van der Waals surface area contributed by atoms with Gasteiger partial charge in [-0.05, 0) is 30.5 Å². The highest BCUT2D eigenvalue weighted by molar-refractivity contribution is 5.72. The van der Waals surface area contributed by atoms with Crippen LogP contribution < -0.4 is 4.90 Å². The number of anilines is 1. The zero-order chi connectivity index (χ0) is 13.6. The summed E-state index contributed by atoms with van der Waals surface area (Å²) in [5.74, 6) is 0.0104. The normalized spacial score (nSPS) is 23.2. The van der Waals surface area contributed by atoms with E-state index in [0.29, 0.717) is 6.54 Å². The first kappa shape index (κ1) is 12.0. The van der Waals surface area contributed by atoms with E-state index in [4.69, 9.17) is 0 Å². The molecule has 0 radical (unpaired) electrons. The highest BCUT2D eigenvalue weighted by Gasteiger charge is 2.35. The van der Waals surface area contributed by atoms with Crippen LogP contribution in [0.1, 0.15) is 12.5 Å². The van der Waals surface area contributed by atoms with Crippen molar-refractivity contribution in [1.82, 2.24) is 14.6 Å². The Balaban J connectivity index is 2.01. The van der Waals surface area contributed by atoms with E-state index in [1.165, 1.54) is 6.33 Å². The lowest BCUT2D eigenvalue weighted by molar-refractivity contribution is -0.142. The fraction of sp³-hybridized carbons (Fsp3) is 0.462. The fourth-order valence-corrected chi connectivity index (χ4v) is 2.74. The Kier molecular flexibility index (Phi) is 2.66. The van der Waals surface area contributed by atoms with Crippen LogP contribution in [0.5, 0.6) is 0 Å². The molecule has 100 valence electrons. The SMILES string of the molecule is Cc1cc(N2CC(C)C(C(=O)O)C2)n2ncnc2c1. The van der Waals surface area contributed by atoms with Crippen LogP contribution in [0.3, 0.4) is 0 Å². The topological polar surface area (TPSA) is 70.7 Å². The van der Waals surface area contributed by atoms with E-state index in [2.05, 4.69) is 15.0 Å². The van der Waals surface area contributed by atoms with Crippen molar-refractivity contribution in [3.05, 3.63) is 24.0 Å². The van der Waals surface area contributed by atoms with Gasteiger partial charge in [0.25, 0.3) is 0 Å². The molecule has 2 atom stereocenters. The maximum Gasteiger partial charge on any atom is 0.308 e. The summed E-state index contributed by atoms with van der Waals surface area (Å²) in [6.07, 6.45) is 1.52. The number of carboxylic acid groups (broad SMARTS) is 1. The van der Waals surface area contributed by atoms with Crippen molar-refractivity contribution in [3.8, 4) is 0 Å². The van der Waals surface area contributed by atoms with Crippen molar-refractivity contribution in [2.45, 2.75) is 13.8 Å². The Morgan fingerprint density at radius 2 is 2.21 bits per heavy atom. The van der Waals surface area contributed by atoms with Crippen molar-refractivity contribution < 1.29 is 9.90 Å². The minimum Gasteiger partial charge on any atom is -0.481 e. The highest BCUT2D eigenvalue weighted by atomic mass is 16.4. The Morgan fingerprint density at radius 1 is 1.42 bits per heavy atom. The molecule has 3 heterocycles. The summed E-state index contributed by atoms with van der Waals surface area (Å²) in [6.45, 7) is 5.24. The minimum absolute atomic E-state index is 0.136. The summed E-state index contributed by atoms with van der Waals surface area (Å²) >= 11 is 0. The first-order valence-corrected chi connectivity index (χ1v) is 6.34. The summed E-state index contributed by atoms with van der Waals surface area (Å²) in [5, 5.41) is 13.4. The average Bonchev–Trinajstić information content (AvgIpc) is 2.93. The standard InChI is InChI=1S/C13H16N4O2/c1-8-3-11-14-7-15-17(11)12(4-8)16-5-9(2)10(6-16)13(18)19/h3-4,7,9-10H,5-6H2,1-2H3,(H,18,19). The van der Waals surface area contributed by atoms with Crippen molar-refractivity contribution in [2.75, 3.05) is 18.0 Å². The van der Waals surface area contributed by atoms with Crippen LogP contribution in [-0.4, -0.2) is 38.8 Å². The molecule has 0 amide bonds. The summed E-state index contributed by atoms with van der Waals surface area (Å²) < 4.78 is 1.77. The maximum absolute atomic E-state index is 11.2. The van der Waals surface area contributed by atoms with Gasteiger partial charge >= 0.3 is 5.97 Å². The van der Waals surface area contributed by atoms with Gasteiger partial charge in [0.15, 0.2) is 5.65 Å². The number of aliphatic carboxylic acids is 1. The van der Waals surface area contributed by atoms with Gasteiger partial charge in [0.2, 0.25) is 0 Å². The Bertz CT molecular complexity index is 637. The van der Waals surface area contributed by atoms with Gasteiger partial charge < -0.3 is 10.0 Å². The fourth-order valence-electron chi connectivity index (χ4n) is 2.74. The molecule has 2 unspecified atom stereocenters. The summed E-state index contributed by atoms with van der Waals surface area (Å²) in [5.41, 5.74) is 1.89. The van der Waals surface area contributed by atoms with Gasteiger partial charge in [-0.15, -0.1) is 0 Å². The van der Waals surface area contributed by atoms with Gasteiger partial charge in [-0.1, -0.05) is 6.92 Å². The third kappa shape index (κ3) is 1.93. The van der Waals surface area contributed by atoms with Crippen LogP contribution in [0.4, 0.5) is 5.82 Å². The maximum atomic E-state index is 11.2.